The molecule has 6 heteroatoms. The van der Waals surface area contributed by atoms with E-state index in [0.717, 1.165) is 42.3 Å². The lowest BCUT2D eigenvalue weighted by Crippen LogP contribution is -2.00. The third-order valence-corrected chi connectivity index (χ3v) is 7.08. The van der Waals surface area contributed by atoms with E-state index in [2.05, 4.69) is 85.4 Å². The second-order valence-electron chi connectivity index (χ2n) is 8.72. The van der Waals surface area contributed by atoms with Crippen molar-refractivity contribution in [3.05, 3.63) is 131 Å². The van der Waals surface area contributed by atoms with E-state index in [4.69, 9.17) is 15.0 Å². The summed E-state index contributed by atoms with van der Waals surface area (Å²) in [6.45, 7) is 0. The predicted octanol–water partition coefficient (Wildman–Crippen LogP) is 9.13. The Kier molecular flexibility index (Phi) is 6.90. The van der Waals surface area contributed by atoms with Gasteiger partial charge in [0.15, 0.2) is 17.5 Å². The molecule has 0 atom stereocenters. The molecule has 6 rings (SSSR count). The molecule has 4 aromatic carbocycles. The lowest BCUT2D eigenvalue weighted by molar-refractivity contribution is 1.07. The van der Waals surface area contributed by atoms with Crippen LogP contribution in [0.3, 0.4) is 0 Å². The normalized spacial score (nSPS) is 10.9. The minimum absolute atomic E-state index is 0.609. The van der Waals surface area contributed by atoms with E-state index in [9.17, 15) is 0 Å². The molecule has 6 aromatic rings. The van der Waals surface area contributed by atoms with Gasteiger partial charge < -0.3 is 0 Å². The van der Waals surface area contributed by atoms with Crippen LogP contribution in [-0.4, -0.2) is 19.9 Å². The van der Waals surface area contributed by atoms with Crippen LogP contribution in [0.1, 0.15) is 0 Å². The maximum Gasteiger partial charge on any atom is 0.164 e. The molecule has 4 nitrogen and oxygen atoms in total. The molecule has 0 aliphatic heterocycles. The van der Waals surface area contributed by atoms with Gasteiger partial charge in [-0.1, -0.05) is 111 Å². The minimum Gasteiger partial charge on any atom is -0.265 e. The first kappa shape index (κ1) is 24.3. The van der Waals surface area contributed by atoms with Gasteiger partial charge in [-0.2, -0.15) is 0 Å². The highest BCUT2D eigenvalue weighted by Crippen LogP contribution is 2.30. The van der Waals surface area contributed by atoms with Gasteiger partial charge in [-0.05, 0) is 52.6 Å². The topological polar surface area (TPSA) is 51.6 Å². The summed E-state index contributed by atoms with van der Waals surface area (Å²) in [7, 11) is 0. The fourth-order valence-corrected chi connectivity index (χ4v) is 5.54. The number of hydrogen-bond acceptors (Lipinski definition) is 4. The van der Waals surface area contributed by atoms with Crippen LogP contribution in [0.15, 0.2) is 131 Å². The number of nitrogens with zero attached hydrogens (tertiary/aromatic N) is 4. The van der Waals surface area contributed by atoms with Crippen molar-refractivity contribution in [3.63, 3.8) is 0 Å². The number of benzene rings is 4. The lowest BCUT2D eigenvalue weighted by atomic mass is 10.0. The summed E-state index contributed by atoms with van der Waals surface area (Å²) in [5.41, 5.74) is 7.28. The van der Waals surface area contributed by atoms with Crippen molar-refractivity contribution in [1.29, 1.82) is 0 Å². The Morgan fingerprint density at radius 3 is 1.26 bits per heavy atom. The molecule has 0 bridgehead atoms. The van der Waals surface area contributed by atoms with Gasteiger partial charge in [0.2, 0.25) is 0 Å². The average Bonchev–Trinajstić information content (AvgIpc) is 2.97. The van der Waals surface area contributed by atoms with Crippen LogP contribution in [-0.2, 0) is 0 Å². The zero-order valence-electron chi connectivity index (χ0n) is 20.1. The fourth-order valence-electron chi connectivity index (χ4n) is 4.24. The Morgan fingerprint density at radius 1 is 0.368 bits per heavy atom. The maximum atomic E-state index is 4.89. The second kappa shape index (κ2) is 10.8. The number of rotatable bonds is 5. The van der Waals surface area contributed by atoms with Crippen LogP contribution in [0.2, 0.25) is 0 Å². The number of pyridine rings is 1. The molecule has 182 valence electrons. The molecular weight excluding hydrogens is 600 g/mol. The van der Waals surface area contributed by atoms with Gasteiger partial charge in [0.25, 0.3) is 0 Å². The predicted molar refractivity (Wildman–Crippen MR) is 160 cm³/mol. The van der Waals surface area contributed by atoms with Crippen molar-refractivity contribution in [3.8, 4) is 56.4 Å². The molecule has 0 amide bonds. The van der Waals surface area contributed by atoms with Gasteiger partial charge >= 0.3 is 0 Å². The molecule has 0 radical (unpaired) electrons. The van der Waals surface area contributed by atoms with Crippen molar-refractivity contribution < 1.29 is 0 Å². The van der Waals surface area contributed by atoms with E-state index in [1.54, 1.807) is 12.4 Å². The molecule has 0 spiro atoms. The highest BCUT2D eigenvalue weighted by Gasteiger charge is 2.14. The molecule has 0 saturated carbocycles. The van der Waals surface area contributed by atoms with Crippen molar-refractivity contribution in [1.82, 2.24) is 19.9 Å². The summed E-state index contributed by atoms with van der Waals surface area (Å²) < 4.78 is 1.89. The first-order valence-electron chi connectivity index (χ1n) is 12.0. The van der Waals surface area contributed by atoms with E-state index in [-0.39, 0.29) is 0 Å². The van der Waals surface area contributed by atoms with Crippen LogP contribution >= 0.6 is 31.9 Å². The Bertz CT molecular complexity index is 1580. The van der Waals surface area contributed by atoms with Crippen LogP contribution in [0.4, 0.5) is 0 Å². The third kappa shape index (κ3) is 5.32. The molecule has 2 aromatic heterocycles. The molecule has 0 aliphatic carbocycles. The first-order chi connectivity index (χ1) is 18.6. The Hall–Kier alpha value is -4.00. The van der Waals surface area contributed by atoms with Gasteiger partial charge in [-0.3, -0.25) is 4.98 Å². The Labute approximate surface area is 237 Å². The fraction of sp³-hybridized carbons (Fsp3) is 0. The van der Waals surface area contributed by atoms with Crippen LogP contribution < -0.4 is 0 Å². The van der Waals surface area contributed by atoms with Gasteiger partial charge in [-0.25, -0.2) is 15.0 Å². The van der Waals surface area contributed by atoms with Crippen molar-refractivity contribution in [2.75, 3.05) is 0 Å². The summed E-state index contributed by atoms with van der Waals surface area (Å²) in [5.74, 6) is 1.85. The summed E-state index contributed by atoms with van der Waals surface area (Å²) in [5, 5.41) is 0. The van der Waals surface area contributed by atoms with Crippen molar-refractivity contribution in [2.45, 2.75) is 0 Å². The minimum atomic E-state index is 0.609. The summed E-state index contributed by atoms with van der Waals surface area (Å²) >= 11 is 7.18. The SMILES string of the molecule is Brc1cc(Br)cc(-c2nc(-c3ccc(-c4ccccc4)cc3)nc(-c3ccc(-c4ccncc4)cc3)n2)c1. The largest absolute Gasteiger partial charge is 0.265 e. The smallest absolute Gasteiger partial charge is 0.164 e. The zero-order valence-corrected chi connectivity index (χ0v) is 23.3. The molecule has 0 fully saturated rings. The number of hydrogen-bond donors (Lipinski definition) is 0. The highest BCUT2D eigenvalue weighted by molar-refractivity contribution is 9.11. The first-order valence-corrected chi connectivity index (χ1v) is 13.6. The average molecular weight is 620 g/mol. The molecule has 0 aliphatic rings. The molecule has 38 heavy (non-hydrogen) atoms. The standard InChI is InChI=1S/C32H20Br2N4/c33-28-18-27(19-29(34)20-28)32-37-30(25-10-6-22(7-11-25)21-4-2-1-3-5-21)36-31(38-32)26-12-8-23(9-13-26)24-14-16-35-17-15-24/h1-20H. The van der Waals surface area contributed by atoms with Gasteiger partial charge in [-0.15, -0.1) is 0 Å². The zero-order chi connectivity index (χ0) is 25.9. The van der Waals surface area contributed by atoms with Gasteiger partial charge in [0.05, 0.1) is 0 Å². The molecule has 2 heterocycles. The van der Waals surface area contributed by atoms with Crippen LogP contribution in [0.25, 0.3) is 56.4 Å². The number of halogens is 2. The quantitative estimate of drug-likeness (QED) is 0.193. The monoisotopic (exact) mass is 618 g/mol. The highest BCUT2D eigenvalue weighted by atomic mass is 79.9. The Morgan fingerprint density at radius 2 is 0.763 bits per heavy atom. The van der Waals surface area contributed by atoms with Crippen LogP contribution in [0, 0.1) is 0 Å². The summed E-state index contributed by atoms with van der Waals surface area (Å²) in [4.78, 5) is 18.8. The Balaban J connectivity index is 1.44. The van der Waals surface area contributed by atoms with Crippen LogP contribution in [0.5, 0.6) is 0 Å². The maximum absolute atomic E-state index is 4.89. The molecular formula is C32H20Br2N4. The molecule has 0 saturated heterocycles. The van der Waals surface area contributed by atoms with E-state index >= 15 is 0 Å². The van der Waals surface area contributed by atoms with E-state index in [1.165, 1.54) is 5.56 Å². The summed E-state index contributed by atoms with van der Waals surface area (Å²) in [6, 6.07) is 36.9. The van der Waals surface area contributed by atoms with E-state index in [0.29, 0.717) is 17.5 Å². The van der Waals surface area contributed by atoms with Gasteiger partial charge in [0.1, 0.15) is 0 Å². The lowest BCUT2D eigenvalue weighted by Gasteiger charge is -2.10. The van der Waals surface area contributed by atoms with Crippen molar-refractivity contribution in [2.24, 2.45) is 0 Å². The number of aromatic nitrogens is 4. The second-order valence-corrected chi connectivity index (χ2v) is 10.6. The summed E-state index contributed by atoms with van der Waals surface area (Å²) in [6.07, 6.45) is 3.60. The van der Waals surface area contributed by atoms with E-state index in [1.807, 2.05) is 60.7 Å². The van der Waals surface area contributed by atoms with Gasteiger partial charge in [0, 0.05) is 38.0 Å². The van der Waals surface area contributed by atoms with E-state index < -0.39 is 0 Å². The van der Waals surface area contributed by atoms with Crippen molar-refractivity contribution >= 4 is 31.9 Å². The third-order valence-electron chi connectivity index (χ3n) is 6.16. The molecule has 0 unspecified atom stereocenters. The molecule has 0 N–H and O–H groups in total.